The van der Waals surface area contributed by atoms with Crippen LogP contribution in [0.3, 0.4) is 0 Å². The molecule has 0 radical (unpaired) electrons. The Morgan fingerprint density at radius 1 is 1.37 bits per heavy atom. The molecule has 3 heteroatoms. The molecule has 1 rings (SSSR count). The Labute approximate surface area is 118 Å². The van der Waals surface area contributed by atoms with E-state index in [-0.39, 0.29) is 12.0 Å². The van der Waals surface area contributed by atoms with E-state index in [0.717, 1.165) is 31.4 Å². The second kappa shape index (κ2) is 7.68. The smallest absolute Gasteiger partial charge is 0.0631 e. The van der Waals surface area contributed by atoms with Crippen LogP contribution in [-0.4, -0.2) is 21.5 Å². The predicted molar refractivity (Wildman–Crippen MR) is 80.3 cm³/mol. The Morgan fingerprint density at radius 3 is 2.63 bits per heavy atom. The molecule has 1 aromatic heterocycles. The van der Waals surface area contributed by atoms with Gasteiger partial charge in [-0.05, 0) is 44.1 Å². The minimum absolute atomic E-state index is 0.0185. The first-order valence-corrected chi connectivity index (χ1v) is 7.75. The van der Waals surface area contributed by atoms with E-state index >= 15 is 0 Å². The molecule has 0 bridgehead atoms. The number of nitrogens with zero attached hydrogens (tertiary/aromatic N) is 2. The summed E-state index contributed by atoms with van der Waals surface area (Å²) in [7, 11) is 0. The molecular weight excluding hydrogens is 236 g/mol. The normalized spacial score (nSPS) is 16.3. The summed E-state index contributed by atoms with van der Waals surface area (Å²) >= 11 is 0. The lowest BCUT2D eigenvalue weighted by Crippen LogP contribution is -2.27. The molecule has 0 saturated carbocycles. The molecule has 19 heavy (non-hydrogen) atoms. The fourth-order valence-corrected chi connectivity index (χ4v) is 2.48. The Kier molecular flexibility index (Phi) is 6.56. The van der Waals surface area contributed by atoms with Crippen LogP contribution in [0, 0.1) is 5.41 Å². The van der Waals surface area contributed by atoms with E-state index in [2.05, 4.69) is 45.1 Å². The van der Waals surface area contributed by atoms with Gasteiger partial charge in [-0.25, -0.2) is 0 Å². The van der Waals surface area contributed by atoms with Crippen LogP contribution in [0.2, 0.25) is 0 Å². The highest BCUT2D eigenvalue weighted by atomic mass is 16.3. The van der Waals surface area contributed by atoms with Gasteiger partial charge >= 0.3 is 0 Å². The molecule has 0 aliphatic rings. The number of unbranched alkanes of at least 4 members (excludes halogenated alkanes) is 1. The largest absolute Gasteiger partial charge is 0.396 e. The van der Waals surface area contributed by atoms with Crippen molar-refractivity contribution in [2.45, 2.75) is 72.3 Å². The summed E-state index contributed by atoms with van der Waals surface area (Å²) in [4.78, 5) is 0. The van der Waals surface area contributed by atoms with E-state index in [1.54, 1.807) is 0 Å². The van der Waals surface area contributed by atoms with Crippen LogP contribution in [0.25, 0.3) is 0 Å². The first-order valence-electron chi connectivity index (χ1n) is 7.75. The molecule has 0 aromatic carbocycles. The highest BCUT2D eigenvalue weighted by Gasteiger charge is 2.28. The molecule has 1 N–H and O–H groups in total. The molecule has 0 aliphatic carbocycles. The van der Waals surface area contributed by atoms with E-state index in [9.17, 15) is 5.11 Å². The molecule has 0 saturated heterocycles. The molecule has 1 heterocycles. The third kappa shape index (κ3) is 4.34. The molecule has 0 amide bonds. The zero-order chi connectivity index (χ0) is 14.3. The van der Waals surface area contributed by atoms with Crippen LogP contribution in [0.4, 0.5) is 0 Å². The lowest BCUT2D eigenvalue weighted by atomic mass is 9.77. The van der Waals surface area contributed by atoms with E-state index in [4.69, 9.17) is 0 Å². The summed E-state index contributed by atoms with van der Waals surface area (Å²) in [6, 6.07) is 2.56. The maximum atomic E-state index is 9.79. The van der Waals surface area contributed by atoms with Gasteiger partial charge in [0.1, 0.15) is 0 Å². The molecule has 0 fully saturated rings. The number of rotatable bonds is 9. The molecule has 2 atom stereocenters. The minimum Gasteiger partial charge on any atom is -0.396 e. The van der Waals surface area contributed by atoms with Crippen LogP contribution in [0.5, 0.6) is 0 Å². The van der Waals surface area contributed by atoms with Gasteiger partial charge in [-0.1, -0.05) is 33.6 Å². The van der Waals surface area contributed by atoms with Crippen molar-refractivity contribution < 1.29 is 5.11 Å². The van der Waals surface area contributed by atoms with Crippen LogP contribution in [0.1, 0.15) is 71.5 Å². The van der Waals surface area contributed by atoms with Crippen LogP contribution >= 0.6 is 0 Å². The van der Waals surface area contributed by atoms with Crippen molar-refractivity contribution in [3.63, 3.8) is 0 Å². The first-order chi connectivity index (χ1) is 9.10. The summed E-state index contributed by atoms with van der Waals surface area (Å²) < 4.78 is 2.05. The zero-order valence-corrected chi connectivity index (χ0v) is 13.0. The Bertz CT molecular complexity index is 355. The third-order valence-electron chi connectivity index (χ3n) is 4.41. The second-order valence-corrected chi connectivity index (χ2v) is 5.84. The van der Waals surface area contributed by atoms with E-state index in [1.165, 1.54) is 12.8 Å². The third-order valence-corrected chi connectivity index (χ3v) is 4.41. The second-order valence-electron chi connectivity index (χ2n) is 5.84. The molecule has 0 spiro atoms. The Morgan fingerprint density at radius 2 is 2.11 bits per heavy atom. The Balaban J connectivity index is 2.75. The number of aliphatic hydroxyl groups excluding tert-OH is 1. The summed E-state index contributed by atoms with van der Waals surface area (Å²) in [6.07, 6.45) is 8.52. The predicted octanol–water partition coefficient (Wildman–Crippen LogP) is 3.98. The minimum atomic E-state index is 0.0185. The summed E-state index contributed by atoms with van der Waals surface area (Å²) in [5.74, 6) is 0. The van der Waals surface area contributed by atoms with Gasteiger partial charge in [-0.3, -0.25) is 4.68 Å². The van der Waals surface area contributed by atoms with Gasteiger partial charge in [0.2, 0.25) is 0 Å². The topological polar surface area (TPSA) is 38.0 Å². The van der Waals surface area contributed by atoms with Gasteiger partial charge in [0.05, 0.1) is 5.69 Å². The van der Waals surface area contributed by atoms with Gasteiger partial charge in [-0.15, -0.1) is 0 Å². The van der Waals surface area contributed by atoms with E-state index < -0.39 is 0 Å². The highest BCUT2D eigenvalue weighted by molar-refractivity contribution is 5.04. The van der Waals surface area contributed by atoms with Crippen molar-refractivity contribution in [3.8, 4) is 0 Å². The van der Waals surface area contributed by atoms with Crippen molar-refractivity contribution in [1.82, 2.24) is 9.78 Å². The standard InChI is InChI=1S/C16H30N2O/c1-5-8-10-16(7-3,13-19)12-15-9-11-18(17-15)14(4)6-2/h9,11,14,19H,5-8,10,12-13H2,1-4H3. The average molecular weight is 266 g/mol. The molecule has 0 aliphatic heterocycles. The molecule has 110 valence electrons. The van der Waals surface area contributed by atoms with Gasteiger partial charge in [0, 0.05) is 18.8 Å². The number of hydrogen-bond donors (Lipinski definition) is 1. The lowest BCUT2D eigenvalue weighted by molar-refractivity contribution is 0.106. The van der Waals surface area contributed by atoms with Crippen LogP contribution < -0.4 is 0 Å². The van der Waals surface area contributed by atoms with Gasteiger partial charge in [0.15, 0.2) is 0 Å². The zero-order valence-electron chi connectivity index (χ0n) is 13.0. The summed E-state index contributed by atoms with van der Waals surface area (Å²) in [5, 5.41) is 14.5. The number of aromatic nitrogens is 2. The number of hydrogen-bond acceptors (Lipinski definition) is 2. The number of aliphatic hydroxyl groups is 1. The maximum Gasteiger partial charge on any atom is 0.0631 e. The first kappa shape index (κ1) is 16.2. The average Bonchev–Trinajstić information content (AvgIpc) is 2.91. The fourth-order valence-electron chi connectivity index (χ4n) is 2.48. The molecular formula is C16H30N2O. The quantitative estimate of drug-likeness (QED) is 0.734. The monoisotopic (exact) mass is 266 g/mol. The maximum absolute atomic E-state index is 9.79. The van der Waals surface area contributed by atoms with Crippen molar-refractivity contribution in [2.24, 2.45) is 5.41 Å². The highest BCUT2D eigenvalue weighted by Crippen LogP contribution is 2.32. The van der Waals surface area contributed by atoms with Crippen molar-refractivity contribution in [3.05, 3.63) is 18.0 Å². The van der Waals surface area contributed by atoms with Crippen molar-refractivity contribution in [1.29, 1.82) is 0 Å². The fraction of sp³-hybridized carbons (Fsp3) is 0.812. The Hall–Kier alpha value is -0.830. The van der Waals surface area contributed by atoms with Gasteiger partial charge < -0.3 is 5.11 Å². The van der Waals surface area contributed by atoms with E-state index in [1.807, 2.05) is 4.68 Å². The van der Waals surface area contributed by atoms with Gasteiger partial charge in [-0.2, -0.15) is 5.10 Å². The van der Waals surface area contributed by atoms with Gasteiger partial charge in [0.25, 0.3) is 0 Å². The molecule has 1 aromatic rings. The SMILES string of the molecule is CCCCC(CC)(CO)Cc1ccn(C(C)CC)n1. The van der Waals surface area contributed by atoms with E-state index in [0.29, 0.717) is 6.04 Å². The molecule has 2 unspecified atom stereocenters. The van der Waals surface area contributed by atoms with Crippen molar-refractivity contribution in [2.75, 3.05) is 6.61 Å². The molecule has 3 nitrogen and oxygen atoms in total. The van der Waals surface area contributed by atoms with Crippen molar-refractivity contribution >= 4 is 0 Å². The summed E-state index contributed by atoms with van der Waals surface area (Å²) in [5.41, 5.74) is 1.14. The lowest BCUT2D eigenvalue weighted by Gasteiger charge is -2.30. The summed E-state index contributed by atoms with van der Waals surface area (Å²) in [6.45, 7) is 9.01. The van der Waals surface area contributed by atoms with Crippen LogP contribution in [0.15, 0.2) is 12.3 Å². The van der Waals surface area contributed by atoms with Crippen LogP contribution in [-0.2, 0) is 6.42 Å².